The molecule has 5 heteroatoms. The number of halogens is 3. The molecule has 0 saturated heterocycles. The molecule has 1 heterocycles. The molecule has 2 nitrogen and oxygen atoms in total. The highest BCUT2D eigenvalue weighted by molar-refractivity contribution is 5.14. The Kier molecular flexibility index (Phi) is 5.07. The zero-order valence-corrected chi connectivity index (χ0v) is 12.2. The molecule has 1 aliphatic rings. The Morgan fingerprint density at radius 3 is 2.21 bits per heavy atom. The average Bonchev–Trinajstić information content (AvgIpc) is 2.26. The fraction of sp³-hybridized carbons (Fsp3) is 0.857. The fourth-order valence-electron chi connectivity index (χ4n) is 2.88. The van der Waals surface area contributed by atoms with E-state index < -0.39 is 11.7 Å². The average molecular weight is 278 g/mol. The molecule has 1 rings (SSSR count). The van der Waals surface area contributed by atoms with Crippen molar-refractivity contribution in [2.24, 2.45) is 11.1 Å². The maximum Gasteiger partial charge on any atom is 0.412 e. The van der Waals surface area contributed by atoms with Gasteiger partial charge in [0.25, 0.3) is 0 Å². The number of nitrogens with zero attached hydrogens (tertiary/aromatic N) is 1. The minimum absolute atomic E-state index is 0.0131. The molecular weight excluding hydrogens is 253 g/mol. The van der Waals surface area contributed by atoms with E-state index in [-0.39, 0.29) is 23.9 Å². The van der Waals surface area contributed by atoms with E-state index >= 15 is 0 Å². The molecule has 0 bridgehead atoms. The maximum atomic E-state index is 12.6. The Morgan fingerprint density at radius 1 is 1.32 bits per heavy atom. The predicted molar refractivity (Wildman–Crippen MR) is 71.8 cm³/mol. The molecule has 0 fully saturated rings. The van der Waals surface area contributed by atoms with Crippen LogP contribution >= 0.6 is 0 Å². The quantitative estimate of drug-likeness (QED) is 0.802. The lowest BCUT2D eigenvalue weighted by atomic mass is 9.80. The van der Waals surface area contributed by atoms with Crippen LogP contribution in [0.1, 0.15) is 40.5 Å². The molecule has 0 aromatic heterocycles. The first-order valence-corrected chi connectivity index (χ1v) is 6.83. The summed E-state index contributed by atoms with van der Waals surface area (Å²) in [4.78, 5) is 2.09. The summed E-state index contributed by atoms with van der Waals surface area (Å²) in [5.74, 6) is 0. The largest absolute Gasteiger partial charge is 0.412 e. The van der Waals surface area contributed by atoms with Gasteiger partial charge in [-0.3, -0.25) is 4.90 Å². The Morgan fingerprint density at radius 2 is 1.89 bits per heavy atom. The third kappa shape index (κ3) is 4.21. The van der Waals surface area contributed by atoms with Gasteiger partial charge in [0.2, 0.25) is 0 Å². The van der Waals surface area contributed by atoms with Crippen molar-refractivity contribution in [3.8, 4) is 0 Å². The molecule has 2 unspecified atom stereocenters. The molecule has 0 saturated carbocycles. The van der Waals surface area contributed by atoms with Crippen LogP contribution in [0.15, 0.2) is 11.6 Å². The zero-order valence-electron chi connectivity index (χ0n) is 12.2. The molecule has 112 valence electrons. The summed E-state index contributed by atoms with van der Waals surface area (Å²) in [5, 5.41) is 0. The van der Waals surface area contributed by atoms with E-state index in [0.717, 1.165) is 6.42 Å². The summed E-state index contributed by atoms with van der Waals surface area (Å²) in [5.41, 5.74) is 5.73. The van der Waals surface area contributed by atoms with Crippen LogP contribution in [0.4, 0.5) is 13.2 Å². The highest BCUT2D eigenvalue weighted by atomic mass is 19.4. The van der Waals surface area contributed by atoms with Gasteiger partial charge in [-0.1, -0.05) is 33.8 Å². The third-order valence-electron chi connectivity index (χ3n) is 3.76. The molecule has 0 spiro atoms. The zero-order chi connectivity index (χ0) is 14.8. The Hall–Kier alpha value is -0.550. The van der Waals surface area contributed by atoms with E-state index in [4.69, 9.17) is 5.73 Å². The summed E-state index contributed by atoms with van der Waals surface area (Å²) in [7, 11) is 0. The van der Waals surface area contributed by atoms with E-state index in [1.54, 1.807) is 0 Å². The second kappa shape index (κ2) is 5.83. The smallest absolute Gasteiger partial charge is 0.326 e. The van der Waals surface area contributed by atoms with Gasteiger partial charge in [-0.2, -0.15) is 13.2 Å². The van der Waals surface area contributed by atoms with Crippen molar-refractivity contribution in [2.75, 3.05) is 13.1 Å². The van der Waals surface area contributed by atoms with E-state index in [1.165, 1.54) is 6.08 Å². The van der Waals surface area contributed by atoms with Crippen LogP contribution in [0.2, 0.25) is 0 Å². The first-order chi connectivity index (χ1) is 8.57. The number of nitrogens with two attached hydrogens (primary N) is 1. The monoisotopic (exact) mass is 278 g/mol. The van der Waals surface area contributed by atoms with Crippen molar-refractivity contribution in [1.29, 1.82) is 0 Å². The first-order valence-electron chi connectivity index (χ1n) is 6.83. The standard InChI is InChI=1S/C14H25F3N2/c1-5-11(18)12(13(2,3)4)19-8-6-10(7-9-19)14(15,16)17/h6,11-12H,5,7-9,18H2,1-4H3. The fourth-order valence-corrected chi connectivity index (χ4v) is 2.88. The van der Waals surface area contributed by atoms with Crippen molar-refractivity contribution in [1.82, 2.24) is 4.90 Å². The Bertz CT molecular complexity index is 329. The highest BCUT2D eigenvalue weighted by Gasteiger charge is 2.39. The van der Waals surface area contributed by atoms with E-state index in [2.05, 4.69) is 25.7 Å². The van der Waals surface area contributed by atoms with Gasteiger partial charge in [0.15, 0.2) is 0 Å². The first kappa shape index (κ1) is 16.5. The molecule has 0 amide bonds. The molecule has 2 atom stereocenters. The summed E-state index contributed by atoms with van der Waals surface area (Å²) in [6, 6.07) is 0.0874. The van der Waals surface area contributed by atoms with Gasteiger partial charge in [0, 0.05) is 30.7 Å². The highest BCUT2D eigenvalue weighted by Crippen LogP contribution is 2.34. The van der Waals surface area contributed by atoms with Gasteiger partial charge in [0.05, 0.1) is 0 Å². The van der Waals surface area contributed by atoms with E-state index in [0.29, 0.717) is 13.1 Å². The normalized spacial score (nSPS) is 22.0. The van der Waals surface area contributed by atoms with Crippen LogP contribution in [0.25, 0.3) is 0 Å². The lowest BCUT2D eigenvalue weighted by molar-refractivity contribution is -0.0970. The van der Waals surface area contributed by atoms with Gasteiger partial charge < -0.3 is 5.73 Å². The van der Waals surface area contributed by atoms with Gasteiger partial charge in [-0.25, -0.2) is 0 Å². The molecule has 19 heavy (non-hydrogen) atoms. The second-order valence-electron chi connectivity index (χ2n) is 6.36. The topological polar surface area (TPSA) is 29.3 Å². The molecule has 1 aliphatic heterocycles. The van der Waals surface area contributed by atoms with Crippen LogP contribution in [-0.4, -0.2) is 36.2 Å². The minimum Gasteiger partial charge on any atom is -0.326 e. The summed E-state index contributed by atoms with van der Waals surface area (Å²) < 4.78 is 37.8. The lowest BCUT2D eigenvalue weighted by Gasteiger charge is -2.44. The number of rotatable bonds is 3. The minimum atomic E-state index is -4.18. The van der Waals surface area contributed by atoms with Crippen LogP contribution in [0.3, 0.4) is 0 Å². The van der Waals surface area contributed by atoms with Crippen LogP contribution in [0, 0.1) is 5.41 Å². The molecular formula is C14H25F3N2. The lowest BCUT2D eigenvalue weighted by Crippen LogP contribution is -2.55. The number of hydrogen-bond acceptors (Lipinski definition) is 2. The van der Waals surface area contributed by atoms with Crippen LogP contribution in [0.5, 0.6) is 0 Å². The maximum absolute atomic E-state index is 12.6. The van der Waals surface area contributed by atoms with Gasteiger partial charge >= 0.3 is 6.18 Å². The summed E-state index contributed by atoms with van der Waals surface area (Å²) in [6.45, 7) is 9.07. The second-order valence-corrected chi connectivity index (χ2v) is 6.36. The Balaban J connectivity index is 2.84. The molecule has 2 N–H and O–H groups in total. The third-order valence-corrected chi connectivity index (χ3v) is 3.76. The summed E-state index contributed by atoms with van der Waals surface area (Å²) in [6.07, 6.45) is -1.98. The van der Waals surface area contributed by atoms with Crippen LogP contribution < -0.4 is 5.73 Å². The molecule has 0 aromatic carbocycles. The van der Waals surface area contributed by atoms with Crippen molar-refractivity contribution < 1.29 is 13.2 Å². The van der Waals surface area contributed by atoms with E-state index in [9.17, 15) is 13.2 Å². The SMILES string of the molecule is CCC(N)C(N1CC=C(C(F)(F)F)CC1)C(C)(C)C. The Labute approximate surface area is 113 Å². The van der Waals surface area contributed by atoms with Gasteiger partial charge in [0.1, 0.15) is 0 Å². The number of hydrogen-bond donors (Lipinski definition) is 1. The van der Waals surface area contributed by atoms with Gasteiger partial charge in [-0.15, -0.1) is 0 Å². The van der Waals surface area contributed by atoms with Crippen LogP contribution in [-0.2, 0) is 0 Å². The van der Waals surface area contributed by atoms with Gasteiger partial charge in [-0.05, 0) is 18.3 Å². The van der Waals surface area contributed by atoms with Crippen molar-refractivity contribution in [2.45, 2.75) is 58.8 Å². The molecule has 0 aliphatic carbocycles. The summed E-state index contributed by atoms with van der Waals surface area (Å²) >= 11 is 0. The number of alkyl halides is 3. The predicted octanol–water partition coefficient (Wildman–Crippen LogP) is 3.33. The van der Waals surface area contributed by atoms with E-state index in [1.807, 2.05) is 6.92 Å². The van der Waals surface area contributed by atoms with Crippen molar-refractivity contribution >= 4 is 0 Å². The van der Waals surface area contributed by atoms with Crippen molar-refractivity contribution in [3.05, 3.63) is 11.6 Å². The van der Waals surface area contributed by atoms with Crippen molar-refractivity contribution in [3.63, 3.8) is 0 Å². The molecule has 0 radical (unpaired) electrons. The molecule has 0 aromatic rings.